The first kappa shape index (κ1) is 14.1. The van der Waals surface area contributed by atoms with Crippen molar-refractivity contribution in [2.24, 2.45) is 11.7 Å². The van der Waals surface area contributed by atoms with Crippen LogP contribution in [0, 0.1) is 5.92 Å². The summed E-state index contributed by atoms with van der Waals surface area (Å²) in [6.45, 7) is -0.204. The molecular weight excluding hydrogens is 238 g/mol. The zero-order valence-electron chi connectivity index (χ0n) is 10.0. The van der Waals surface area contributed by atoms with Crippen LogP contribution in [0.25, 0.3) is 0 Å². The number of Topliss-reactive ketones (excluding diaryl/α,β-unsaturated/α-hetero) is 1. The van der Waals surface area contributed by atoms with Crippen molar-refractivity contribution in [1.29, 1.82) is 0 Å². The van der Waals surface area contributed by atoms with Crippen molar-refractivity contribution in [2.45, 2.75) is 25.7 Å². The number of nitrogens with one attached hydrogen (secondary N) is 2. The molecule has 1 saturated heterocycles. The zero-order valence-corrected chi connectivity index (χ0v) is 10.0. The Hall–Kier alpha value is -1.92. The highest BCUT2D eigenvalue weighted by molar-refractivity contribution is 5.89. The van der Waals surface area contributed by atoms with E-state index in [-0.39, 0.29) is 43.5 Å². The van der Waals surface area contributed by atoms with Crippen LogP contribution in [0.1, 0.15) is 25.7 Å². The lowest BCUT2D eigenvalue weighted by atomic mass is 9.96. The summed E-state index contributed by atoms with van der Waals surface area (Å²) in [6.07, 6.45) is 1.19. The SMILES string of the molecule is NC(=O)CNC(=O)C1CCC(=O)CNC(=O)CC1. The Kier molecular flexibility index (Phi) is 5.29. The fraction of sp³-hybridized carbons (Fsp3) is 0.636. The number of nitrogens with two attached hydrogens (primary N) is 1. The van der Waals surface area contributed by atoms with E-state index in [1.165, 1.54) is 0 Å². The minimum atomic E-state index is -0.625. The minimum absolute atomic E-state index is 0.0223. The number of rotatable bonds is 3. The quantitative estimate of drug-likeness (QED) is 0.566. The molecule has 1 aliphatic heterocycles. The van der Waals surface area contributed by atoms with Crippen molar-refractivity contribution in [1.82, 2.24) is 10.6 Å². The molecule has 18 heavy (non-hydrogen) atoms. The molecule has 3 amide bonds. The van der Waals surface area contributed by atoms with Crippen LogP contribution in [-0.4, -0.2) is 36.6 Å². The maximum atomic E-state index is 11.7. The van der Waals surface area contributed by atoms with E-state index in [2.05, 4.69) is 10.6 Å². The van der Waals surface area contributed by atoms with E-state index in [4.69, 9.17) is 5.73 Å². The number of primary amides is 1. The van der Waals surface area contributed by atoms with Crippen molar-refractivity contribution >= 4 is 23.5 Å². The van der Waals surface area contributed by atoms with E-state index in [0.717, 1.165) is 0 Å². The van der Waals surface area contributed by atoms with Crippen molar-refractivity contribution in [2.75, 3.05) is 13.1 Å². The maximum absolute atomic E-state index is 11.7. The van der Waals surface area contributed by atoms with Crippen molar-refractivity contribution in [3.8, 4) is 0 Å². The second-order valence-corrected chi connectivity index (χ2v) is 4.27. The van der Waals surface area contributed by atoms with E-state index in [1.807, 2.05) is 0 Å². The predicted octanol–water partition coefficient (Wildman–Crippen LogP) is -1.54. The van der Waals surface area contributed by atoms with Gasteiger partial charge >= 0.3 is 0 Å². The topological polar surface area (TPSA) is 118 Å². The molecule has 0 aromatic heterocycles. The van der Waals surface area contributed by atoms with Gasteiger partial charge in [0.1, 0.15) is 0 Å². The molecule has 0 bridgehead atoms. The Morgan fingerprint density at radius 1 is 1.28 bits per heavy atom. The van der Waals surface area contributed by atoms with Crippen molar-refractivity contribution in [3.63, 3.8) is 0 Å². The van der Waals surface area contributed by atoms with Crippen molar-refractivity contribution < 1.29 is 19.2 Å². The molecule has 1 rings (SSSR count). The van der Waals surface area contributed by atoms with Crippen LogP contribution >= 0.6 is 0 Å². The third kappa shape index (κ3) is 4.94. The second kappa shape index (κ2) is 6.73. The number of carbonyl (C=O) groups is 4. The molecule has 0 aromatic rings. The Morgan fingerprint density at radius 3 is 2.61 bits per heavy atom. The van der Waals surface area contributed by atoms with E-state index in [0.29, 0.717) is 12.8 Å². The van der Waals surface area contributed by atoms with Crippen molar-refractivity contribution in [3.05, 3.63) is 0 Å². The van der Waals surface area contributed by atoms with E-state index >= 15 is 0 Å². The molecule has 0 radical (unpaired) electrons. The summed E-state index contributed by atoms with van der Waals surface area (Å²) in [7, 11) is 0. The number of amides is 3. The average molecular weight is 255 g/mol. The highest BCUT2D eigenvalue weighted by Gasteiger charge is 2.22. The van der Waals surface area contributed by atoms with Crippen LogP contribution in [0.2, 0.25) is 0 Å². The lowest BCUT2D eigenvalue weighted by Crippen LogP contribution is -2.37. The van der Waals surface area contributed by atoms with Crippen LogP contribution in [0.3, 0.4) is 0 Å². The Morgan fingerprint density at radius 2 is 1.94 bits per heavy atom. The van der Waals surface area contributed by atoms with Gasteiger partial charge < -0.3 is 16.4 Å². The second-order valence-electron chi connectivity index (χ2n) is 4.27. The third-order valence-corrected chi connectivity index (χ3v) is 2.78. The monoisotopic (exact) mass is 255 g/mol. The largest absolute Gasteiger partial charge is 0.368 e. The minimum Gasteiger partial charge on any atom is -0.368 e. The molecule has 1 heterocycles. The fourth-order valence-corrected chi connectivity index (χ4v) is 1.74. The van der Waals surface area contributed by atoms with Gasteiger partial charge in [-0.1, -0.05) is 0 Å². The molecule has 7 heteroatoms. The Bertz CT molecular complexity index is 347. The summed E-state index contributed by atoms with van der Waals surface area (Å²) in [4.78, 5) is 44.9. The number of ketones is 1. The van der Waals surface area contributed by atoms with Crippen LogP contribution in [-0.2, 0) is 19.2 Å². The van der Waals surface area contributed by atoms with Gasteiger partial charge in [-0.15, -0.1) is 0 Å². The Labute approximate surface area is 104 Å². The van der Waals surface area contributed by atoms with Gasteiger partial charge in [-0.05, 0) is 12.8 Å². The van der Waals surface area contributed by atoms with Gasteiger partial charge in [0.05, 0.1) is 13.1 Å². The summed E-state index contributed by atoms with van der Waals surface area (Å²) in [6, 6.07) is 0. The number of hydrogen-bond donors (Lipinski definition) is 3. The summed E-state index contributed by atoms with van der Waals surface area (Å²) in [5.41, 5.74) is 4.92. The van der Waals surface area contributed by atoms with Gasteiger partial charge in [0, 0.05) is 18.8 Å². The molecule has 4 N–H and O–H groups in total. The first-order valence-electron chi connectivity index (χ1n) is 5.83. The number of hydrogen-bond acceptors (Lipinski definition) is 4. The molecule has 0 aliphatic carbocycles. The lowest BCUT2D eigenvalue weighted by Gasteiger charge is -2.14. The van der Waals surface area contributed by atoms with Gasteiger partial charge in [-0.25, -0.2) is 0 Å². The van der Waals surface area contributed by atoms with Gasteiger partial charge in [0.15, 0.2) is 5.78 Å². The predicted molar refractivity (Wildman–Crippen MR) is 62.2 cm³/mol. The third-order valence-electron chi connectivity index (χ3n) is 2.78. The Balaban J connectivity index is 2.55. The van der Waals surface area contributed by atoms with Gasteiger partial charge in [-0.3, -0.25) is 19.2 Å². The summed E-state index contributed by atoms with van der Waals surface area (Å²) < 4.78 is 0. The van der Waals surface area contributed by atoms with Crippen LogP contribution in [0.15, 0.2) is 0 Å². The standard InChI is InChI=1S/C11H17N3O4/c12-9(16)6-14-11(18)7-1-3-8(15)5-13-10(17)4-2-7/h7H,1-6H2,(H2,12,16)(H,13,17)(H,14,18). The maximum Gasteiger partial charge on any atom is 0.236 e. The van der Waals surface area contributed by atoms with Gasteiger partial charge in [0.25, 0.3) is 0 Å². The first-order chi connectivity index (χ1) is 8.49. The van der Waals surface area contributed by atoms with Gasteiger partial charge in [0.2, 0.25) is 17.7 Å². The lowest BCUT2D eigenvalue weighted by molar-refractivity contribution is -0.128. The van der Waals surface area contributed by atoms with Crippen LogP contribution in [0.4, 0.5) is 0 Å². The number of carbonyl (C=O) groups excluding carboxylic acids is 4. The molecule has 1 unspecified atom stereocenters. The summed E-state index contributed by atoms with van der Waals surface area (Å²) in [5, 5.41) is 4.88. The molecule has 100 valence electrons. The average Bonchev–Trinajstić information content (AvgIpc) is 2.40. The molecule has 0 aromatic carbocycles. The molecule has 7 nitrogen and oxygen atoms in total. The smallest absolute Gasteiger partial charge is 0.236 e. The molecule has 0 spiro atoms. The summed E-state index contributed by atoms with van der Waals surface area (Å²) in [5.74, 6) is -1.73. The zero-order chi connectivity index (χ0) is 13.5. The van der Waals surface area contributed by atoms with E-state index in [1.54, 1.807) is 0 Å². The molecule has 1 aliphatic rings. The summed E-state index contributed by atoms with van der Waals surface area (Å²) >= 11 is 0. The highest BCUT2D eigenvalue weighted by atomic mass is 16.2. The normalized spacial score (nSPS) is 21.2. The molecule has 0 saturated carbocycles. The molecule has 1 fully saturated rings. The van der Waals surface area contributed by atoms with Crippen LogP contribution in [0.5, 0.6) is 0 Å². The van der Waals surface area contributed by atoms with Gasteiger partial charge in [-0.2, -0.15) is 0 Å². The molecule has 1 atom stereocenters. The fourth-order valence-electron chi connectivity index (χ4n) is 1.74. The van der Waals surface area contributed by atoms with Crippen LogP contribution < -0.4 is 16.4 Å². The first-order valence-corrected chi connectivity index (χ1v) is 5.83. The molecular formula is C11H17N3O4. The highest BCUT2D eigenvalue weighted by Crippen LogP contribution is 2.15. The van der Waals surface area contributed by atoms with E-state index < -0.39 is 11.8 Å². The van der Waals surface area contributed by atoms with E-state index in [9.17, 15) is 19.2 Å².